The Bertz CT molecular complexity index is 483. The van der Waals surface area contributed by atoms with Crippen LogP contribution in [-0.2, 0) is 14.3 Å². The van der Waals surface area contributed by atoms with Crippen LogP contribution in [0.2, 0.25) is 0 Å². The number of methoxy groups -OCH3 is 1. The molecule has 0 aliphatic heterocycles. The van der Waals surface area contributed by atoms with Crippen LogP contribution in [0.3, 0.4) is 0 Å². The first-order valence-corrected chi connectivity index (χ1v) is 7.33. The van der Waals surface area contributed by atoms with E-state index in [1.165, 1.54) is 0 Å². The van der Waals surface area contributed by atoms with Gasteiger partial charge in [-0.2, -0.15) is 0 Å². The molecule has 2 atom stereocenters. The highest BCUT2D eigenvalue weighted by Gasteiger charge is 2.18. The molecule has 0 spiro atoms. The molecule has 2 amide bonds. The molecule has 4 N–H and O–H groups in total. The quantitative estimate of drug-likeness (QED) is 0.656. The number of benzene rings is 1. The van der Waals surface area contributed by atoms with Crippen molar-refractivity contribution in [2.75, 3.05) is 20.2 Å². The summed E-state index contributed by atoms with van der Waals surface area (Å²) in [5, 5.41) is 5.26. The van der Waals surface area contributed by atoms with Crippen molar-refractivity contribution in [2.24, 2.45) is 11.7 Å². The summed E-state index contributed by atoms with van der Waals surface area (Å²) in [5.74, 6) is -0.571. The van der Waals surface area contributed by atoms with E-state index < -0.39 is 6.04 Å². The molecule has 1 rings (SSSR count). The Morgan fingerprint density at radius 2 is 1.78 bits per heavy atom. The van der Waals surface area contributed by atoms with Crippen molar-refractivity contribution in [3.63, 3.8) is 0 Å². The first kappa shape index (κ1) is 21.4. The molecule has 0 radical (unpaired) electrons. The fourth-order valence-corrected chi connectivity index (χ4v) is 1.86. The molecular formula is C16H26ClN3O3. The minimum atomic E-state index is -0.608. The molecular weight excluding hydrogens is 318 g/mol. The second-order valence-electron chi connectivity index (χ2n) is 5.43. The third-order valence-electron chi connectivity index (χ3n) is 3.38. The highest BCUT2D eigenvalue weighted by molar-refractivity contribution is 5.87. The van der Waals surface area contributed by atoms with Gasteiger partial charge in [-0.25, -0.2) is 0 Å². The molecule has 7 heteroatoms. The molecule has 0 saturated heterocycles. The number of carbonyl (C=O) groups excluding carboxylic acids is 2. The van der Waals surface area contributed by atoms with Gasteiger partial charge >= 0.3 is 0 Å². The van der Waals surface area contributed by atoms with E-state index in [1.54, 1.807) is 7.11 Å². The van der Waals surface area contributed by atoms with Crippen LogP contribution < -0.4 is 16.4 Å². The maximum atomic E-state index is 11.8. The van der Waals surface area contributed by atoms with Crippen LogP contribution >= 0.6 is 12.4 Å². The summed E-state index contributed by atoms with van der Waals surface area (Å²) >= 11 is 0. The standard InChI is InChI=1S/C16H25N3O3.ClH/c1-11(2)15(17)16(21)19-10-14(20)18-9-13(22-3)12-7-5-4-6-8-12;/h4-8,11,13,15H,9-10,17H2,1-3H3,(H,18,20)(H,19,21);1H/t13?,15-;/m0./s1. The molecule has 1 unspecified atom stereocenters. The van der Waals surface area contributed by atoms with Crippen molar-refractivity contribution in [3.05, 3.63) is 35.9 Å². The highest BCUT2D eigenvalue weighted by atomic mass is 35.5. The van der Waals surface area contributed by atoms with Gasteiger partial charge in [-0.1, -0.05) is 44.2 Å². The Labute approximate surface area is 143 Å². The summed E-state index contributed by atoms with van der Waals surface area (Å²) in [7, 11) is 1.59. The van der Waals surface area contributed by atoms with E-state index in [1.807, 2.05) is 44.2 Å². The summed E-state index contributed by atoms with van der Waals surface area (Å²) in [6.45, 7) is 3.96. The molecule has 130 valence electrons. The van der Waals surface area contributed by atoms with Crippen LogP contribution in [0.4, 0.5) is 0 Å². The fourth-order valence-electron chi connectivity index (χ4n) is 1.86. The lowest BCUT2D eigenvalue weighted by molar-refractivity contribution is -0.127. The first-order chi connectivity index (χ1) is 10.5. The zero-order valence-electron chi connectivity index (χ0n) is 13.7. The number of nitrogens with one attached hydrogen (secondary N) is 2. The molecule has 0 aliphatic rings. The Morgan fingerprint density at radius 1 is 1.17 bits per heavy atom. The third-order valence-corrected chi connectivity index (χ3v) is 3.38. The normalized spacial score (nSPS) is 12.9. The van der Waals surface area contributed by atoms with Crippen molar-refractivity contribution in [3.8, 4) is 0 Å². The number of amides is 2. The maximum absolute atomic E-state index is 11.8. The van der Waals surface area contributed by atoms with Crippen molar-refractivity contribution >= 4 is 24.2 Å². The summed E-state index contributed by atoms with van der Waals surface area (Å²) < 4.78 is 5.36. The predicted molar refractivity (Wildman–Crippen MR) is 92.3 cm³/mol. The van der Waals surface area contributed by atoms with E-state index in [2.05, 4.69) is 10.6 Å². The van der Waals surface area contributed by atoms with Gasteiger partial charge in [-0.15, -0.1) is 12.4 Å². The largest absolute Gasteiger partial charge is 0.375 e. The molecule has 0 heterocycles. The predicted octanol–water partition coefficient (Wildman–Crippen LogP) is 1.01. The van der Waals surface area contributed by atoms with Gasteiger partial charge in [-0.05, 0) is 11.5 Å². The maximum Gasteiger partial charge on any atom is 0.239 e. The van der Waals surface area contributed by atoms with Gasteiger partial charge in [0, 0.05) is 13.7 Å². The first-order valence-electron chi connectivity index (χ1n) is 7.33. The number of carbonyl (C=O) groups is 2. The Morgan fingerprint density at radius 3 is 2.30 bits per heavy atom. The van der Waals surface area contributed by atoms with Crippen LogP contribution in [0.15, 0.2) is 30.3 Å². The van der Waals surface area contributed by atoms with Gasteiger partial charge in [0.1, 0.15) is 0 Å². The Balaban J connectivity index is 0.00000484. The molecule has 1 aromatic carbocycles. The topological polar surface area (TPSA) is 93.5 Å². The summed E-state index contributed by atoms with van der Waals surface area (Å²) in [4.78, 5) is 23.4. The molecule has 0 aliphatic carbocycles. The number of hydrogen-bond donors (Lipinski definition) is 3. The lowest BCUT2D eigenvalue weighted by atomic mass is 10.1. The lowest BCUT2D eigenvalue weighted by Crippen LogP contribution is -2.47. The zero-order valence-corrected chi connectivity index (χ0v) is 14.6. The van der Waals surface area contributed by atoms with E-state index in [-0.39, 0.29) is 42.8 Å². The summed E-state index contributed by atoms with van der Waals surface area (Å²) in [6.07, 6.45) is -0.223. The van der Waals surface area contributed by atoms with E-state index in [0.29, 0.717) is 6.54 Å². The average Bonchev–Trinajstić information content (AvgIpc) is 2.53. The SMILES string of the molecule is COC(CNC(=O)CNC(=O)[C@@H](N)C(C)C)c1ccccc1.Cl. The van der Waals surface area contributed by atoms with Crippen molar-refractivity contribution in [1.29, 1.82) is 0 Å². The fraction of sp³-hybridized carbons (Fsp3) is 0.500. The molecule has 0 aromatic heterocycles. The lowest BCUT2D eigenvalue weighted by Gasteiger charge is -2.17. The number of hydrogen-bond acceptors (Lipinski definition) is 4. The summed E-state index contributed by atoms with van der Waals surface area (Å²) in [5.41, 5.74) is 6.68. The minimum absolute atomic E-state index is 0. The zero-order chi connectivity index (χ0) is 16.5. The van der Waals surface area contributed by atoms with Crippen molar-refractivity contribution < 1.29 is 14.3 Å². The molecule has 0 bridgehead atoms. The molecule has 1 aromatic rings. The van der Waals surface area contributed by atoms with E-state index in [4.69, 9.17) is 10.5 Å². The second-order valence-corrected chi connectivity index (χ2v) is 5.43. The van der Waals surface area contributed by atoms with Gasteiger partial charge in [-0.3, -0.25) is 9.59 Å². The van der Waals surface area contributed by atoms with Gasteiger partial charge in [0.15, 0.2) is 0 Å². The smallest absolute Gasteiger partial charge is 0.239 e. The number of ether oxygens (including phenoxy) is 1. The van der Waals surface area contributed by atoms with Gasteiger partial charge in [0.25, 0.3) is 0 Å². The van der Waals surface area contributed by atoms with Gasteiger partial charge < -0.3 is 21.1 Å². The highest BCUT2D eigenvalue weighted by Crippen LogP contribution is 2.14. The van der Waals surface area contributed by atoms with E-state index in [0.717, 1.165) is 5.56 Å². The monoisotopic (exact) mass is 343 g/mol. The van der Waals surface area contributed by atoms with Crippen LogP contribution in [0.1, 0.15) is 25.5 Å². The minimum Gasteiger partial charge on any atom is -0.375 e. The number of halogens is 1. The average molecular weight is 344 g/mol. The van der Waals surface area contributed by atoms with Crippen LogP contribution in [0.25, 0.3) is 0 Å². The van der Waals surface area contributed by atoms with Crippen molar-refractivity contribution in [1.82, 2.24) is 10.6 Å². The van der Waals surface area contributed by atoms with Crippen LogP contribution in [-0.4, -0.2) is 38.1 Å². The third kappa shape index (κ3) is 7.45. The Hall–Kier alpha value is -1.63. The molecule has 0 fully saturated rings. The Kier molecular flexibility index (Phi) is 10.2. The van der Waals surface area contributed by atoms with E-state index in [9.17, 15) is 9.59 Å². The van der Waals surface area contributed by atoms with Crippen LogP contribution in [0.5, 0.6) is 0 Å². The van der Waals surface area contributed by atoms with Gasteiger partial charge in [0.2, 0.25) is 11.8 Å². The molecule has 0 saturated carbocycles. The van der Waals surface area contributed by atoms with E-state index >= 15 is 0 Å². The summed E-state index contributed by atoms with van der Waals surface area (Å²) in [6, 6.07) is 9.01. The molecule has 6 nitrogen and oxygen atoms in total. The van der Waals surface area contributed by atoms with Crippen molar-refractivity contribution in [2.45, 2.75) is 26.0 Å². The number of rotatable bonds is 8. The second kappa shape index (κ2) is 11.0. The van der Waals surface area contributed by atoms with Crippen LogP contribution in [0, 0.1) is 5.92 Å². The molecule has 23 heavy (non-hydrogen) atoms. The number of nitrogens with two attached hydrogens (primary N) is 1. The van der Waals surface area contributed by atoms with Gasteiger partial charge in [0.05, 0.1) is 18.7 Å².